The third kappa shape index (κ3) is 4.58. The Morgan fingerprint density at radius 2 is 2.36 bits per heavy atom. The summed E-state index contributed by atoms with van der Waals surface area (Å²) in [4.78, 5) is 11.4. The fourth-order valence-corrected chi connectivity index (χ4v) is 1.42. The number of carbonyl (C=O) groups excluding carboxylic acids is 1. The molecule has 1 rings (SSSR count). The quantitative estimate of drug-likeness (QED) is 0.623. The van der Waals surface area contributed by atoms with Gasteiger partial charge in [0.25, 0.3) is 0 Å². The minimum atomic E-state index is -0.0451. The summed E-state index contributed by atoms with van der Waals surface area (Å²) in [6.45, 7) is 0.550. The molecule has 0 radical (unpaired) electrons. The van der Waals surface area contributed by atoms with Gasteiger partial charge in [0.2, 0.25) is 5.91 Å². The summed E-state index contributed by atoms with van der Waals surface area (Å²) >= 11 is 0. The molecular formula is C10H19NO3. The van der Waals surface area contributed by atoms with Crippen molar-refractivity contribution in [3.05, 3.63) is 0 Å². The molecule has 0 heterocycles. The maximum absolute atomic E-state index is 11.4. The zero-order valence-corrected chi connectivity index (χ0v) is 8.66. The van der Waals surface area contributed by atoms with E-state index in [2.05, 4.69) is 5.32 Å². The Kier molecular flexibility index (Phi) is 4.90. The van der Waals surface area contributed by atoms with E-state index in [1.807, 2.05) is 0 Å². The topological polar surface area (TPSA) is 58.6 Å². The van der Waals surface area contributed by atoms with Crippen molar-refractivity contribution in [2.45, 2.75) is 31.7 Å². The first-order valence-electron chi connectivity index (χ1n) is 5.15. The second-order valence-electron chi connectivity index (χ2n) is 3.88. The van der Waals surface area contributed by atoms with Gasteiger partial charge in [0.1, 0.15) is 0 Å². The molecule has 1 atom stereocenters. The van der Waals surface area contributed by atoms with Crippen molar-refractivity contribution in [3.8, 4) is 0 Å². The van der Waals surface area contributed by atoms with Crippen molar-refractivity contribution >= 4 is 5.91 Å². The van der Waals surface area contributed by atoms with Gasteiger partial charge < -0.3 is 15.2 Å². The molecule has 1 unspecified atom stereocenters. The number of hydrogen-bond acceptors (Lipinski definition) is 3. The smallest absolute Gasteiger partial charge is 0.220 e. The van der Waals surface area contributed by atoms with Crippen LogP contribution in [0.15, 0.2) is 0 Å². The van der Waals surface area contributed by atoms with E-state index in [1.54, 1.807) is 7.11 Å². The highest BCUT2D eigenvalue weighted by Gasteiger charge is 2.25. The van der Waals surface area contributed by atoms with Crippen molar-refractivity contribution in [1.29, 1.82) is 0 Å². The van der Waals surface area contributed by atoms with Gasteiger partial charge in [-0.25, -0.2) is 0 Å². The first kappa shape index (κ1) is 11.5. The van der Waals surface area contributed by atoms with E-state index >= 15 is 0 Å². The molecule has 1 saturated carbocycles. The molecule has 0 spiro atoms. The van der Waals surface area contributed by atoms with Crippen LogP contribution in [-0.2, 0) is 9.53 Å². The summed E-state index contributed by atoms with van der Waals surface area (Å²) in [6, 6.07) is -0.0451. The molecule has 0 aliphatic heterocycles. The maximum Gasteiger partial charge on any atom is 0.220 e. The summed E-state index contributed by atoms with van der Waals surface area (Å²) < 4.78 is 4.95. The molecule has 0 saturated heterocycles. The predicted octanol–water partition coefficient (Wildman–Crippen LogP) is 0.300. The average molecular weight is 201 g/mol. The second-order valence-corrected chi connectivity index (χ2v) is 3.88. The van der Waals surface area contributed by atoms with Gasteiger partial charge in [-0.1, -0.05) is 0 Å². The van der Waals surface area contributed by atoms with Crippen molar-refractivity contribution in [3.63, 3.8) is 0 Å². The number of hydrogen-bond donors (Lipinski definition) is 2. The molecule has 1 aliphatic rings. The van der Waals surface area contributed by atoms with Crippen LogP contribution in [0.2, 0.25) is 0 Å². The lowest BCUT2D eigenvalue weighted by Gasteiger charge is -2.16. The lowest BCUT2D eigenvalue weighted by Crippen LogP contribution is -2.38. The largest absolute Gasteiger partial charge is 0.396 e. The summed E-state index contributed by atoms with van der Waals surface area (Å²) in [7, 11) is 1.59. The summed E-state index contributed by atoms with van der Waals surface area (Å²) in [5.41, 5.74) is 0. The molecule has 0 bridgehead atoms. The van der Waals surface area contributed by atoms with E-state index in [9.17, 15) is 4.79 Å². The van der Waals surface area contributed by atoms with Gasteiger partial charge in [-0.3, -0.25) is 4.79 Å². The number of aliphatic hydroxyl groups is 1. The Labute approximate surface area is 84.6 Å². The number of aliphatic hydroxyl groups excluding tert-OH is 1. The van der Waals surface area contributed by atoms with Crippen LogP contribution < -0.4 is 5.32 Å². The number of methoxy groups -OCH3 is 1. The van der Waals surface area contributed by atoms with E-state index in [1.165, 1.54) is 12.8 Å². The molecule has 0 aromatic heterocycles. The second kappa shape index (κ2) is 5.98. The Morgan fingerprint density at radius 3 is 2.86 bits per heavy atom. The zero-order chi connectivity index (χ0) is 10.4. The highest BCUT2D eigenvalue weighted by atomic mass is 16.5. The summed E-state index contributed by atoms with van der Waals surface area (Å²) in [5, 5.41) is 11.6. The van der Waals surface area contributed by atoms with Crippen LogP contribution in [0.4, 0.5) is 0 Å². The van der Waals surface area contributed by atoms with Crippen LogP contribution >= 0.6 is 0 Å². The first-order valence-corrected chi connectivity index (χ1v) is 5.15. The van der Waals surface area contributed by atoms with E-state index in [0.29, 0.717) is 25.4 Å². The Morgan fingerprint density at radius 1 is 1.64 bits per heavy atom. The third-order valence-corrected chi connectivity index (χ3v) is 2.38. The van der Waals surface area contributed by atoms with Gasteiger partial charge >= 0.3 is 0 Å². The van der Waals surface area contributed by atoms with Crippen molar-refractivity contribution in [1.82, 2.24) is 5.32 Å². The van der Waals surface area contributed by atoms with Crippen LogP contribution in [0.5, 0.6) is 0 Å². The monoisotopic (exact) mass is 201 g/mol. The fourth-order valence-electron chi connectivity index (χ4n) is 1.42. The molecule has 1 amide bonds. The molecule has 4 nitrogen and oxygen atoms in total. The number of ether oxygens (including phenoxy) is 1. The first-order chi connectivity index (χ1) is 6.76. The normalized spacial score (nSPS) is 17.9. The third-order valence-electron chi connectivity index (χ3n) is 2.38. The number of amides is 1. The molecule has 82 valence electrons. The van der Waals surface area contributed by atoms with Gasteiger partial charge in [0, 0.05) is 20.1 Å². The van der Waals surface area contributed by atoms with Crippen LogP contribution in [0.1, 0.15) is 25.7 Å². The molecule has 1 aliphatic carbocycles. The van der Waals surface area contributed by atoms with Gasteiger partial charge in [-0.15, -0.1) is 0 Å². The van der Waals surface area contributed by atoms with Crippen LogP contribution in [0, 0.1) is 5.92 Å². The Hall–Kier alpha value is -0.610. The maximum atomic E-state index is 11.4. The van der Waals surface area contributed by atoms with Crippen molar-refractivity contribution < 1.29 is 14.6 Å². The zero-order valence-electron chi connectivity index (χ0n) is 8.66. The van der Waals surface area contributed by atoms with E-state index in [-0.39, 0.29) is 18.6 Å². The molecule has 4 heteroatoms. The Balaban J connectivity index is 2.17. The van der Waals surface area contributed by atoms with E-state index in [4.69, 9.17) is 9.84 Å². The van der Waals surface area contributed by atoms with Gasteiger partial charge in [-0.2, -0.15) is 0 Å². The van der Waals surface area contributed by atoms with E-state index < -0.39 is 0 Å². The van der Waals surface area contributed by atoms with Gasteiger partial charge in [-0.05, 0) is 25.2 Å². The van der Waals surface area contributed by atoms with Crippen LogP contribution in [0.3, 0.4) is 0 Å². The minimum absolute atomic E-state index is 0.0451. The molecule has 14 heavy (non-hydrogen) atoms. The SMILES string of the molecule is COCC(CCO)NC(=O)CC1CC1. The molecular weight excluding hydrogens is 182 g/mol. The van der Waals surface area contributed by atoms with E-state index in [0.717, 1.165) is 0 Å². The fraction of sp³-hybridized carbons (Fsp3) is 0.900. The highest BCUT2D eigenvalue weighted by molar-refractivity contribution is 5.76. The van der Waals surface area contributed by atoms with Gasteiger partial charge in [0.15, 0.2) is 0 Å². The van der Waals surface area contributed by atoms with Crippen LogP contribution in [-0.4, -0.2) is 37.4 Å². The Bertz CT molecular complexity index is 174. The molecule has 2 N–H and O–H groups in total. The van der Waals surface area contributed by atoms with Crippen molar-refractivity contribution in [2.24, 2.45) is 5.92 Å². The lowest BCUT2D eigenvalue weighted by atomic mass is 10.2. The lowest BCUT2D eigenvalue weighted by molar-refractivity contribution is -0.122. The number of rotatable bonds is 7. The van der Waals surface area contributed by atoms with Crippen LogP contribution in [0.25, 0.3) is 0 Å². The summed E-state index contributed by atoms with van der Waals surface area (Å²) in [5.74, 6) is 0.690. The predicted molar refractivity (Wildman–Crippen MR) is 52.9 cm³/mol. The van der Waals surface area contributed by atoms with Crippen molar-refractivity contribution in [2.75, 3.05) is 20.3 Å². The minimum Gasteiger partial charge on any atom is -0.396 e. The molecule has 1 fully saturated rings. The summed E-state index contributed by atoms with van der Waals surface area (Å²) in [6.07, 6.45) is 3.56. The number of nitrogens with one attached hydrogen (secondary N) is 1. The molecule has 0 aromatic rings. The standard InChI is InChI=1S/C10H19NO3/c1-14-7-9(4-5-12)11-10(13)6-8-2-3-8/h8-9,12H,2-7H2,1H3,(H,11,13). The number of carbonyl (C=O) groups is 1. The molecule has 0 aromatic carbocycles. The van der Waals surface area contributed by atoms with Gasteiger partial charge in [0.05, 0.1) is 12.6 Å². The average Bonchev–Trinajstić information content (AvgIpc) is 2.89. The highest BCUT2D eigenvalue weighted by Crippen LogP contribution is 2.32.